The van der Waals surface area contributed by atoms with E-state index in [2.05, 4.69) is 10.0 Å². The van der Waals surface area contributed by atoms with Crippen LogP contribution >= 0.6 is 11.8 Å². The third kappa shape index (κ3) is 4.57. The van der Waals surface area contributed by atoms with Crippen molar-refractivity contribution in [2.75, 3.05) is 18.1 Å². The summed E-state index contributed by atoms with van der Waals surface area (Å²) in [5, 5.41) is 2.78. The van der Waals surface area contributed by atoms with Crippen molar-refractivity contribution in [3.05, 3.63) is 54.1 Å². The highest BCUT2D eigenvalue weighted by Gasteiger charge is 2.13. The molecule has 0 aliphatic rings. The van der Waals surface area contributed by atoms with Gasteiger partial charge in [0.1, 0.15) is 0 Å². The highest BCUT2D eigenvalue weighted by Crippen LogP contribution is 2.18. The maximum absolute atomic E-state index is 12.2. The number of hydrogen-bond donors (Lipinski definition) is 2. The molecule has 0 radical (unpaired) electrons. The lowest BCUT2D eigenvalue weighted by Gasteiger charge is -2.08. The van der Waals surface area contributed by atoms with E-state index in [0.717, 1.165) is 4.90 Å². The molecule has 0 heterocycles. The minimum atomic E-state index is -3.50. The Balaban J connectivity index is 2.10. The molecule has 0 aromatic heterocycles. The van der Waals surface area contributed by atoms with Gasteiger partial charge in [-0.05, 0) is 54.8 Å². The molecule has 0 atom stereocenters. The SMILES string of the molecule is CCNS(=O)(=O)c1ccc(C(=O)Nc2ccc(SC)cc2)cc1. The molecule has 0 spiro atoms. The van der Waals surface area contributed by atoms with Crippen molar-refractivity contribution in [1.82, 2.24) is 4.72 Å². The fourth-order valence-corrected chi connectivity index (χ4v) is 3.39. The highest BCUT2D eigenvalue weighted by molar-refractivity contribution is 7.98. The molecule has 0 bridgehead atoms. The fourth-order valence-electron chi connectivity index (χ4n) is 1.94. The smallest absolute Gasteiger partial charge is 0.255 e. The van der Waals surface area contributed by atoms with Crippen LogP contribution in [-0.2, 0) is 10.0 Å². The second-order valence-corrected chi connectivity index (χ2v) is 7.35. The van der Waals surface area contributed by atoms with Crippen molar-refractivity contribution in [2.24, 2.45) is 0 Å². The average molecular weight is 350 g/mol. The molecule has 5 nitrogen and oxygen atoms in total. The second-order valence-electron chi connectivity index (χ2n) is 4.71. The summed E-state index contributed by atoms with van der Waals surface area (Å²) in [6, 6.07) is 13.3. The normalized spacial score (nSPS) is 11.2. The lowest BCUT2D eigenvalue weighted by atomic mass is 10.2. The number of anilines is 1. The predicted octanol–water partition coefficient (Wildman–Crippen LogP) is 2.96. The van der Waals surface area contributed by atoms with Gasteiger partial charge in [-0.1, -0.05) is 6.92 Å². The van der Waals surface area contributed by atoms with E-state index in [1.54, 1.807) is 18.7 Å². The largest absolute Gasteiger partial charge is 0.322 e. The van der Waals surface area contributed by atoms with Crippen LogP contribution in [0.15, 0.2) is 58.3 Å². The molecule has 0 aliphatic heterocycles. The molecule has 23 heavy (non-hydrogen) atoms. The first-order valence-corrected chi connectivity index (χ1v) is 9.72. The van der Waals surface area contributed by atoms with Gasteiger partial charge in [0.15, 0.2) is 0 Å². The number of amides is 1. The van der Waals surface area contributed by atoms with Gasteiger partial charge in [-0.2, -0.15) is 0 Å². The Bertz CT molecular complexity index is 770. The highest BCUT2D eigenvalue weighted by atomic mass is 32.2. The molecule has 2 aromatic carbocycles. The van der Waals surface area contributed by atoms with Gasteiger partial charge in [-0.15, -0.1) is 11.8 Å². The summed E-state index contributed by atoms with van der Waals surface area (Å²) >= 11 is 1.63. The average Bonchev–Trinajstić information content (AvgIpc) is 2.55. The van der Waals surface area contributed by atoms with Crippen LogP contribution in [0.1, 0.15) is 17.3 Å². The minimum absolute atomic E-state index is 0.139. The maximum atomic E-state index is 12.2. The van der Waals surface area contributed by atoms with E-state index in [-0.39, 0.29) is 10.8 Å². The summed E-state index contributed by atoms with van der Waals surface area (Å²) in [4.78, 5) is 13.4. The predicted molar refractivity (Wildman–Crippen MR) is 93.5 cm³/mol. The molecule has 0 aliphatic carbocycles. The Kier molecular flexibility index (Phi) is 5.81. The van der Waals surface area contributed by atoms with E-state index in [0.29, 0.717) is 17.8 Å². The van der Waals surface area contributed by atoms with Crippen molar-refractivity contribution in [2.45, 2.75) is 16.7 Å². The molecular formula is C16H18N2O3S2. The van der Waals surface area contributed by atoms with Crippen molar-refractivity contribution >= 4 is 33.4 Å². The van der Waals surface area contributed by atoms with Crippen LogP contribution in [0.5, 0.6) is 0 Å². The molecule has 1 amide bonds. The number of benzene rings is 2. The van der Waals surface area contributed by atoms with Gasteiger partial charge in [0.05, 0.1) is 4.90 Å². The molecule has 0 unspecified atom stereocenters. The summed E-state index contributed by atoms with van der Waals surface area (Å²) in [6.45, 7) is 2.03. The molecule has 7 heteroatoms. The van der Waals surface area contributed by atoms with Gasteiger partial charge in [-0.3, -0.25) is 4.79 Å². The zero-order valence-electron chi connectivity index (χ0n) is 12.9. The molecular weight excluding hydrogens is 332 g/mol. The van der Waals surface area contributed by atoms with E-state index in [4.69, 9.17) is 0 Å². The van der Waals surface area contributed by atoms with Gasteiger partial charge in [-0.25, -0.2) is 13.1 Å². The number of sulfonamides is 1. The summed E-state index contributed by atoms with van der Waals surface area (Å²) in [5.41, 5.74) is 1.09. The zero-order chi connectivity index (χ0) is 16.9. The van der Waals surface area contributed by atoms with Crippen molar-refractivity contribution in [3.63, 3.8) is 0 Å². The quantitative estimate of drug-likeness (QED) is 0.786. The van der Waals surface area contributed by atoms with E-state index in [9.17, 15) is 13.2 Å². The Morgan fingerprint density at radius 3 is 2.17 bits per heavy atom. The van der Waals surface area contributed by atoms with Gasteiger partial charge in [0, 0.05) is 22.7 Å². The first-order valence-electron chi connectivity index (χ1n) is 7.01. The van der Waals surface area contributed by atoms with E-state index in [1.807, 2.05) is 30.5 Å². The first kappa shape index (κ1) is 17.5. The number of hydrogen-bond acceptors (Lipinski definition) is 4. The number of rotatable bonds is 6. The van der Waals surface area contributed by atoms with Crippen LogP contribution in [0.3, 0.4) is 0 Å². The van der Waals surface area contributed by atoms with E-state index in [1.165, 1.54) is 24.3 Å². The Labute approximate surface area is 140 Å². The lowest BCUT2D eigenvalue weighted by molar-refractivity contribution is 0.102. The molecule has 0 saturated carbocycles. The second kappa shape index (κ2) is 7.63. The summed E-state index contributed by atoms with van der Waals surface area (Å²) < 4.78 is 26.1. The molecule has 2 N–H and O–H groups in total. The van der Waals surface area contributed by atoms with Crippen LogP contribution in [0.25, 0.3) is 0 Å². The third-order valence-corrected chi connectivity index (χ3v) is 5.41. The Hall–Kier alpha value is -1.83. The topological polar surface area (TPSA) is 75.3 Å². The van der Waals surface area contributed by atoms with Crippen LogP contribution in [-0.4, -0.2) is 27.1 Å². The molecule has 0 fully saturated rings. The van der Waals surface area contributed by atoms with Crippen molar-refractivity contribution in [1.29, 1.82) is 0 Å². The monoisotopic (exact) mass is 350 g/mol. The van der Waals surface area contributed by atoms with Crippen LogP contribution in [0.2, 0.25) is 0 Å². The van der Waals surface area contributed by atoms with Gasteiger partial charge >= 0.3 is 0 Å². The third-order valence-electron chi connectivity index (χ3n) is 3.11. The van der Waals surface area contributed by atoms with Crippen LogP contribution in [0, 0.1) is 0 Å². The number of carbonyl (C=O) groups is 1. The summed E-state index contributed by atoms with van der Waals surface area (Å²) in [7, 11) is -3.50. The number of carbonyl (C=O) groups excluding carboxylic acids is 1. The Morgan fingerprint density at radius 1 is 1.04 bits per heavy atom. The van der Waals surface area contributed by atoms with E-state index < -0.39 is 10.0 Å². The standard InChI is InChI=1S/C16H18N2O3S2/c1-3-17-23(20,21)15-10-4-12(5-11-15)16(19)18-13-6-8-14(22-2)9-7-13/h4-11,17H,3H2,1-2H3,(H,18,19). The van der Waals surface area contributed by atoms with Crippen molar-refractivity contribution in [3.8, 4) is 0 Å². The minimum Gasteiger partial charge on any atom is -0.322 e. The van der Waals surface area contributed by atoms with Crippen LogP contribution < -0.4 is 10.0 Å². The molecule has 2 rings (SSSR count). The molecule has 2 aromatic rings. The fraction of sp³-hybridized carbons (Fsp3) is 0.188. The number of nitrogens with one attached hydrogen (secondary N) is 2. The lowest BCUT2D eigenvalue weighted by Crippen LogP contribution is -2.23. The van der Waals surface area contributed by atoms with Crippen LogP contribution in [0.4, 0.5) is 5.69 Å². The van der Waals surface area contributed by atoms with E-state index >= 15 is 0 Å². The summed E-state index contributed by atoms with van der Waals surface area (Å²) in [5.74, 6) is -0.283. The van der Waals surface area contributed by atoms with Gasteiger partial charge in [0.25, 0.3) is 5.91 Å². The van der Waals surface area contributed by atoms with Gasteiger partial charge < -0.3 is 5.32 Å². The van der Waals surface area contributed by atoms with Crippen molar-refractivity contribution < 1.29 is 13.2 Å². The Morgan fingerprint density at radius 2 is 1.65 bits per heavy atom. The molecule has 0 saturated heterocycles. The zero-order valence-corrected chi connectivity index (χ0v) is 14.5. The number of thioether (sulfide) groups is 1. The molecule has 122 valence electrons. The van der Waals surface area contributed by atoms with Gasteiger partial charge in [0.2, 0.25) is 10.0 Å². The maximum Gasteiger partial charge on any atom is 0.255 e. The first-order chi connectivity index (χ1) is 11.0. The summed E-state index contributed by atoms with van der Waals surface area (Å²) in [6.07, 6.45) is 1.98.